The van der Waals surface area contributed by atoms with Crippen LogP contribution in [0.15, 0.2) is 22.8 Å². The summed E-state index contributed by atoms with van der Waals surface area (Å²) in [6.45, 7) is 0.560. The number of benzene rings is 1. The van der Waals surface area contributed by atoms with Crippen LogP contribution in [0.5, 0.6) is 0 Å². The lowest BCUT2D eigenvalue weighted by atomic mass is 10.0. The minimum absolute atomic E-state index is 0.0522. The molecule has 0 spiro atoms. The van der Waals surface area contributed by atoms with Crippen LogP contribution in [0.2, 0.25) is 0 Å². The van der Waals surface area contributed by atoms with Crippen molar-refractivity contribution in [2.24, 2.45) is 7.05 Å². The zero-order valence-corrected chi connectivity index (χ0v) is 13.0. The second kappa shape index (κ2) is 4.40. The Hall–Kier alpha value is -1.69. The zero-order chi connectivity index (χ0) is 14.7. The Balaban J connectivity index is 1.88. The van der Waals surface area contributed by atoms with E-state index in [0.29, 0.717) is 33.9 Å². The van der Waals surface area contributed by atoms with E-state index in [1.165, 1.54) is 6.07 Å². The molecule has 0 bridgehead atoms. The summed E-state index contributed by atoms with van der Waals surface area (Å²) in [5.41, 5.74) is 2.53. The van der Waals surface area contributed by atoms with Crippen molar-refractivity contribution >= 4 is 21.8 Å². The van der Waals surface area contributed by atoms with E-state index in [1.54, 1.807) is 24.0 Å². The molecule has 0 saturated heterocycles. The molecule has 108 valence electrons. The monoisotopic (exact) mass is 349 g/mol. The third-order valence-corrected chi connectivity index (χ3v) is 5.08. The van der Waals surface area contributed by atoms with Crippen molar-refractivity contribution in [1.82, 2.24) is 14.7 Å². The average molecular weight is 350 g/mol. The Kier molecular flexibility index (Phi) is 2.73. The molecule has 2 heterocycles. The number of carbonyl (C=O) groups is 1. The largest absolute Gasteiger partial charge is 0.331 e. The van der Waals surface area contributed by atoms with Crippen LogP contribution in [-0.2, 0) is 13.6 Å². The predicted molar refractivity (Wildman–Crippen MR) is 79.2 cm³/mol. The highest BCUT2D eigenvalue weighted by atomic mass is 79.9. The van der Waals surface area contributed by atoms with Crippen molar-refractivity contribution in [3.05, 3.63) is 39.7 Å². The highest BCUT2D eigenvalue weighted by Crippen LogP contribution is 2.42. The average Bonchev–Trinajstić information content (AvgIpc) is 3.13. The number of carbonyl (C=O) groups excluding carboxylic acids is 1. The Morgan fingerprint density at radius 3 is 2.81 bits per heavy atom. The molecule has 2 aliphatic rings. The van der Waals surface area contributed by atoms with Gasteiger partial charge in [0.15, 0.2) is 0 Å². The fraction of sp³-hybridized carbons (Fsp3) is 0.333. The number of rotatable bonds is 2. The van der Waals surface area contributed by atoms with E-state index in [2.05, 4.69) is 21.0 Å². The fourth-order valence-corrected chi connectivity index (χ4v) is 3.67. The molecule has 1 fully saturated rings. The normalized spacial score (nSPS) is 17.5. The van der Waals surface area contributed by atoms with Gasteiger partial charge in [-0.25, -0.2) is 4.39 Å². The van der Waals surface area contributed by atoms with E-state index in [9.17, 15) is 9.18 Å². The van der Waals surface area contributed by atoms with Gasteiger partial charge in [-0.05, 0) is 46.5 Å². The van der Waals surface area contributed by atoms with Gasteiger partial charge in [0.05, 0.1) is 11.3 Å². The molecule has 4 nitrogen and oxygen atoms in total. The standard InChI is InChI=1S/C15H13BrFN3O/c1-19-12(4-5-18-19)13-11(17)6-9-10(14(13)16)7-20(15(9)21)8-2-3-8/h4-6,8H,2-3,7H2,1H3. The minimum atomic E-state index is -0.393. The SMILES string of the molecule is Cn1nccc1-c1c(F)cc2c(c1Br)CN(C1CC1)C2=O. The van der Waals surface area contributed by atoms with Gasteiger partial charge in [0.25, 0.3) is 5.91 Å². The van der Waals surface area contributed by atoms with Gasteiger partial charge in [-0.2, -0.15) is 5.10 Å². The Labute approximate surface area is 129 Å². The number of hydrogen-bond donors (Lipinski definition) is 0. The first-order valence-corrected chi connectivity index (χ1v) is 7.67. The van der Waals surface area contributed by atoms with Crippen LogP contribution in [0.3, 0.4) is 0 Å². The molecular weight excluding hydrogens is 337 g/mol. The molecule has 1 saturated carbocycles. The number of amides is 1. The molecule has 0 radical (unpaired) electrons. The van der Waals surface area contributed by atoms with Gasteiger partial charge in [0.2, 0.25) is 0 Å². The number of aryl methyl sites for hydroxylation is 1. The maximum atomic E-state index is 14.5. The van der Waals surface area contributed by atoms with E-state index in [0.717, 1.165) is 18.4 Å². The Bertz CT molecular complexity index is 767. The number of nitrogens with zero attached hydrogens (tertiary/aromatic N) is 3. The van der Waals surface area contributed by atoms with Gasteiger partial charge in [0, 0.05) is 35.9 Å². The molecule has 1 aromatic carbocycles. The first-order chi connectivity index (χ1) is 10.1. The van der Waals surface area contributed by atoms with Crippen molar-refractivity contribution in [2.45, 2.75) is 25.4 Å². The van der Waals surface area contributed by atoms with Crippen molar-refractivity contribution < 1.29 is 9.18 Å². The van der Waals surface area contributed by atoms with Crippen molar-refractivity contribution in [3.63, 3.8) is 0 Å². The van der Waals surface area contributed by atoms with E-state index < -0.39 is 5.82 Å². The van der Waals surface area contributed by atoms with Crippen LogP contribution in [0.25, 0.3) is 11.3 Å². The molecule has 0 N–H and O–H groups in total. The summed E-state index contributed by atoms with van der Waals surface area (Å²) >= 11 is 3.50. The van der Waals surface area contributed by atoms with Gasteiger partial charge in [-0.3, -0.25) is 9.48 Å². The van der Waals surface area contributed by atoms with Gasteiger partial charge >= 0.3 is 0 Å². The topological polar surface area (TPSA) is 38.1 Å². The number of aromatic nitrogens is 2. The lowest BCUT2D eigenvalue weighted by Gasteiger charge is -2.13. The highest BCUT2D eigenvalue weighted by Gasteiger charge is 2.40. The molecule has 4 rings (SSSR count). The third kappa shape index (κ3) is 1.85. The van der Waals surface area contributed by atoms with E-state index >= 15 is 0 Å². The Morgan fingerprint density at radius 2 is 2.19 bits per heavy atom. The number of fused-ring (bicyclic) bond motifs is 1. The van der Waals surface area contributed by atoms with Gasteiger partial charge in [-0.15, -0.1) is 0 Å². The molecule has 1 amide bonds. The molecule has 21 heavy (non-hydrogen) atoms. The lowest BCUT2D eigenvalue weighted by Crippen LogP contribution is -2.25. The van der Waals surface area contributed by atoms with Crippen LogP contribution in [0.4, 0.5) is 4.39 Å². The van der Waals surface area contributed by atoms with E-state index in [1.807, 2.05) is 4.90 Å². The summed E-state index contributed by atoms with van der Waals surface area (Å²) in [5, 5.41) is 4.09. The van der Waals surface area contributed by atoms with Crippen LogP contribution in [0.1, 0.15) is 28.8 Å². The third-order valence-electron chi connectivity index (χ3n) is 4.20. The summed E-state index contributed by atoms with van der Waals surface area (Å²) in [6.07, 6.45) is 3.74. The smallest absolute Gasteiger partial charge is 0.254 e. The summed E-state index contributed by atoms with van der Waals surface area (Å²) in [6, 6.07) is 3.47. The second-order valence-electron chi connectivity index (χ2n) is 5.58. The van der Waals surface area contributed by atoms with Crippen LogP contribution in [0, 0.1) is 5.82 Å². The van der Waals surface area contributed by atoms with Crippen molar-refractivity contribution in [1.29, 1.82) is 0 Å². The molecule has 1 aromatic heterocycles. The maximum absolute atomic E-state index is 14.5. The van der Waals surface area contributed by atoms with Crippen LogP contribution in [-0.4, -0.2) is 26.6 Å². The minimum Gasteiger partial charge on any atom is -0.331 e. The quantitative estimate of drug-likeness (QED) is 0.835. The van der Waals surface area contributed by atoms with Gasteiger partial charge in [0.1, 0.15) is 5.82 Å². The first kappa shape index (κ1) is 13.0. The summed E-state index contributed by atoms with van der Waals surface area (Å²) in [4.78, 5) is 14.2. The molecule has 2 aromatic rings. The van der Waals surface area contributed by atoms with E-state index in [-0.39, 0.29) is 5.91 Å². The highest BCUT2D eigenvalue weighted by molar-refractivity contribution is 9.10. The molecule has 1 aliphatic carbocycles. The first-order valence-electron chi connectivity index (χ1n) is 6.88. The molecule has 0 atom stereocenters. The fourth-order valence-electron chi connectivity index (χ4n) is 2.94. The van der Waals surface area contributed by atoms with Gasteiger partial charge < -0.3 is 4.90 Å². The van der Waals surface area contributed by atoms with E-state index in [4.69, 9.17) is 0 Å². The number of halogens is 2. The zero-order valence-electron chi connectivity index (χ0n) is 11.4. The van der Waals surface area contributed by atoms with Crippen LogP contribution >= 0.6 is 15.9 Å². The second-order valence-corrected chi connectivity index (χ2v) is 6.37. The van der Waals surface area contributed by atoms with Gasteiger partial charge in [-0.1, -0.05) is 0 Å². The van der Waals surface area contributed by atoms with Crippen molar-refractivity contribution in [2.75, 3.05) is 0 Å². The van der Waals surface area contributed by atoms with Crippen LogP contribution < -0.4 is 0 Å². The number of hydrogen-bond acceptors (Lipinski definition) is 2. The summed E-state index contributed by atoms with van der Waals surface area (Å²) in [7, 11) is 1.77. The van der Waals surface area contributed by atoms with Crippen molar-refractivity contribution in [3.8, 4) is 11.3 Å². The Morgan fingerprint density at radius 1 is 1.43 bits per heavy atom. The summed E-state index contributed by atoms with van der Waals surface area (Å²) < 4.78 is 16.8. The summed E-state index contributed by atoms with van der Waals surface area (Å²) in [5.74, 6) is -0.445. The maximum Gasteiger partial charge on any atom is 0.254 e. The molecule has 6 heteroatoms. The molecule has 0 unspecified atom stereocenters. The lowest BCUT2D eigenvalue weighted by molar-refractivity contribution is 0.0766. The predicted octanol–water partition coefficient (Wildman–Crippen LogP) is 3.11. The molecule has 1 aliphatic heterocycles. The molecular formula is C15H13BrFN3O.